The molecule has 0 saturated heterocycles. The summed E-state index contributed by atoms with van der Waals surface area (Å²) in [5.74, 6) is 0.215. The van der Waals surface area contributed by atoms with Gasteiger partial charge >= 0.3 is 0 Å². The third-order valence-corrected chi connectivity index (χ3v) is 2.30. The molecular weight excluding hydrogens is 200 g/mol. The number of halogens is 1. The summed E-state index contributed by atoms with van der Waals surface area (Å²) in [6.07, 6.45) is 1.71. The molecule has 0 unspecified atom stereocenters. The lowest BCUT2D eigenvalue weighted by molar-refractivity contribution is 0.475. The lowest BCUT2D eigenvalue weighted by atomic mass is 10.3. The predicted octanol–water partition coefficient (Wildman–Crippen LogP) is 2.54. The molecule has 2 aromatic rings. The van der Waals surface area contributed by atoms with Gasteiger partial charge in [0.15, 0.2) is 0 Å². The lowest BCUT2D eigenvalue weighted by Crippen LogP contribution is -1.93. The van der Waals surface area contributed by atoms with E-state index in [4.69, 9.17) is 11.6 Å². The molecule has 0 spiro atoms. The van der Waals surface area contributed by atoms with E-state index in [-0.39, 0.29) is 5.75 Å². The Hall–Kier alpha value is -1.48. The summed E-state index contributed by atoms with van der Waals surface area (Å²) in [6, 6.07) is 6.85. The maximum atomic E-state index is 9.28. The van der Waals surface area contributed by atoms with Crippen LogP contribution in [0.1, 0.15) is 5.69 Å². The third kappa shape index (κ3) is 1.59. The van der Waals surface area contributed by atoms with Gasteiger partial charge in [0.25, 0.3) is 0 Å². The first-order chi connectivity index (χ1) is 6.66. The van der Waals surface area contributed by atoms with Crippen molar-refractivity contribution in [2.45, 2.75) is 6.92 Å². The Balaban J connectivity index is 2.49. The van der Waals surface area contributed by atoms with Crippen molar-refractivity contribution in [2.75, 3.05) is 0 Å². The van der Waals surface area contributed by atoms with Gasteiger partial charge in [0.2, 0.25) is 0 Å². The molecule has 0 aliphatic carbocycles. The van der Waals surface area contributed by atoms with Gasteiger partial charge in [-0.15, -0.1) is 0 Å². The number of phenolic OH excluding ortho intramolecular Hbond substituents is 1. The Bertz CT molecular complexity index is 445. The minimum Gasteiger partial charge on any atom is -0.508 e. The molecule has 0 radical (unpaired) electrons. The second kappa shape index (κ2) is 3.35. The van der Waals surface area contributed by atoms with Crippen LogP contribution in [-0.4, -0.2) is 14.9 Å². The highest BCUT2D eigenvalue weighted by Crippen LogP contribution is 2.18. The van der Waals surface area contributed by atoms with Gasteiger partial charge in [-0.2, -0.15) is 5.10 Å². The zero-order valence-electron chi connectivity index (χ0n) is 7.61. The molecule has 0 amide bonds. The predicted molar refractivity (Wildman–Crippen MR) is 55.0 cm³/mol. The summed E-state index contributed by atoms with van der Waals surface area (Å²) >= 11 is 5.87. The van der Waals surface area contributed by atoms with Crippen LogP contribution >= 0.6 is 11.6 Å². The molecule has 1 heterocycles. The van der Waals surface area contributed by atoms with Crippen LogP contribution in [0.2, 0.25) is 5.02 Å². The zero-order chi connectivity index (χ0) is 10.1. The van der Waals surface area contributed by atoms with Gasteiger partial charge in [-0.25, -0.2) is 4.68 Å². The number of rotatable bonds is 1. The van der Waals surface area contributed by atoms with Crippen molar-refractivity contribution < 1.29 is 5.11 Å². The number of nitrogens with zero attached hydrogens (tertiary/aromatic N) is 2. The van der Waals surface area contributed by atoms with Gasteiger partial charge < -0.3 is 5.11 Å². The fourth-order valence-electron chi connectivity index (χ4n) is 1.21. The number of hydrogen-bond donors (Lipinski definition) is 1. The van der Waals surface area contributed by atoms with Crippen LogP contribution in [0.4, 0.5) is 0 Å². The van der Waals surface area contributed by atoms with Crippen molar-refractivity contribution >= 4 is 11.6 Å². The van der Waals surface area contributed by atoms with E-state index in [1.807, 2.05) is 13.0 Å². The number of aromatic hydroxyl groups is 1. The normalized spacial score (nSPS) is 10.4. The van der Waals surface area contributed by atoms with E-state index in [0.29, 0.717) is 5.02 Å². The highest BCUT2D eigenvalue weighted by molar-refractivity contribution is 6.31. The molecule has 72 valence electrons. The Morgan fingerprint density at radius 2 is 2.21 bits per heavy atom. The van der Waals surface area contributed by atoms with Crippen molar-refractivity contribution in [2.24, 2.45) is 0 Å². The quantitative estimate of drug-likeness (QED) is 0.782. The standard InChI is InChI=1S/C10H9ClN2O/c1-7-10(11)6-13(12-7)8-3-2-4-9(14)5-8/h2-6,14H,1H3. The van der Waals surface area contributed by atoms with E-state index >= 15 is 0 Å². The van der Waals surface area contributed by atoms with Gasteiger partial charge in [0.1, 0.15) is 5.75 Å². The maximum Gasteiger partial charge on any atom is 0.117 e. The van der Waals surface area contributed by atoms with E-state index in [9.17, 15) is 5.11 Å². The molecule has 0 atom stereocenters. The first-order valence-corrected chi connectivity index (χ1v) is 4.56. The Morgan fingerprint density at radius 3 is 2.79 bits per heavy atom. The molecule has 14 heavy (non-hydrogen) atoms. The topological polar surface area (TPSA) is 38.0 Å². The molecule has 0 aliphatic rings. The van der Waals surface area contributed by atoms with Crippen LogP contribution in [-0.2, 0) is 0 Å². The van der Waals surface area contributed by atoms with E-state index in [1.54, 1.807) is 29.1 Å². The number of hydrogen-bond acceptors (Lipinski definition) is 2. The van der Waals surface area contributed by atoms with Gasteiger partial charge in [-0.3, -0.25) is 0 Å². The summed E-state index contributed by atoms with van der Waals surface area (Å²) in [4.78, 5) is 0. The third-order valence-electron chi connectivity index (χ3n) is 1.93. The van der Waals surface area contributed by atoms with E-state index in [1.165, 1.54) is 0 Å². The molecule has 1 N–H and O–H groups in total. The number of aromatic nitrogens is 2. The minimum atomic E-state index is 0.215. The first kappa shape index (κ1) is 9.09. The van der Waals surface area contributed by atoms with Crippen LogP contribution in [0.3, 0.4) is 0 Å². The second-order valence-corrected chi connectivity index (χ2v) is 3.43. The molecule has 3 nitrogen and oxygen atoms in total. The van der Waals surface area contributed by atoms with E-state index in [0.717, 1.165) is 11.4 Å². The fraction of sp³-hybridized carbons (Fsp3) is 0.100. The zero-order valence-corrected chi connectivity index (χ0v) is 8.36. The van der Waals surface area contributed by atoms with Crippen molar-refractivity contribution in [3.8, 4) is 11.4 Å². The number of benzene rings is 1. The average molecular weight is 209 g/mol. The number of phenols is 1. The molecule has 1 aromatic heterocycles. The largest absolute Gasteiger partial charge is 0.508 e. The van der Waals surface area contributed by atoms with Crippen molar-refractivity contribution in [3.63, 3.8) is 0 Å². The molecule has 1 aromatic carbocycles. The van der Waals surface area contributed by atoms with Gasteiger partial charge in [-0.1, -0.05) is 17.7 Å². The molecule has 0 aliphatic heterocycles. The number of aryl methyl sites for hydroxylation is 1. The van der Waals surface area contributed by atoms with Crippen molar-refractivity contribution in [1.82, 2.24) is 9.78 Å². The summed E-state index contributed by atoms with van der Waals surface area (Å²) in [5.41, 5.74) is 1.56. The molecular formula is C10H9ClN2O. The summed E-state index contributed by atoms with van der Waals surface area (Å²) in [6.45, 7) is 1.83. The second-order valence-electron chi connectivity index (χ2n) is 3.03. The van der Waals surface area contributed by atoms with Gasteiger partial charge in [0, 0.05) is 12.3 Å². The van der Waals surface area contributed by atoms with Crippen molar-refractivity contribution in [3.05, 3.63) is 41.2 Å². The Kier molecular flexibility index (Phi) is 2.17. The van der Waals surface area contributed by atoms with E-state index < -0.39 is 0 Å². The monoisotopic (exact) mass is 208 g/mol. The maximum absolute atomic E-state index is 9.28. The Morgan fingerprint density at radius 1 is 1.43 bits per heavy atom. The Labute approximate surface area is 86.6 Å². The van der Waals surface area contributed by atoms with Crippen LogP contribution in [0, 0.1) is 6.92 Å². The molecule has 0 bridgehead atoms. The molecule has 0 fully saturated rings. The summed E-state index contributed by atoms with van der Waals surface area (Å²) in [5, 5.41) is 14.1. The smallest absolute Gasteiger partial charge is 0.117 e. The van der Waals surface area contributed by atoms with Gasteiger partial charge in [0.05, 0.1) is 16.4 Å². The summed E-state index contributed by atoms with van der Waals surface area (Å²) < 4.78 is 1.64. The molecule has 4 heteroatoms. The first-order valence-electron chi connectivity index (χ1n) is 4.18. The van der Waals surface area contributed by atoms with E-state index in [2.05, 4.69) is 5.10 Å². The molecule has 0 saturated carbocycles. The van der Waals surface area contributed by atoms with Crippen LogP contribution in [0.5, 0.6) is 5.75 Å². The van der Waals surface area contributed by atoms with Crippen LogP contribution in [0.25, 0.3) is 5.69 Å². The van der Waals surface area contributed by atoms with Crippen LogP contribution in [0.15, 0.2) is 30.5 Å². The molecule has 2 rings (SSSR count). The lowest BCUT2D eigenvalue weighted by Gasteiger charge is -2.00. The van der Waals surface area contributed by atoms with Gasteiger partial charge in [-0.05, 0) is 19.1 Å². The highest BCUT2D eigenvalue weighted by atomic mass is 35.5. The summed E-state index contributed by atoms with van der Waals surface area (Å²) in [7, 11) is 0. The minimum absolute atomic E-state index is 0.215. The SMILES string of the molecule is Cc1nn(-c2cccc(O)c2)cc1Cl. The fourth-order valence-corrected chi connectivity index (χ4v) is 1.34. The average Bonchev–Trinajstić information content (AvgIpc) is 2.47. The highest BCUT2D eigenvalue weighted by Gasteiger charge is 2.03. The van der Waals surface area contributed by atoms with Crippen molar-refractivity contribution in [1.29, 1.82) is 0 Å². The van der Waals surface area contributed by atoms with Crippen LogP contribution < -0.4 is 0 Å².